The van der Waals surface area contributed by atoms with Crippen LogP contribution in [-0.4, -0.2) is 49.3 Å². The van der Waals surface area contributed by atoms with Crippen LogP contribution in [0.2, 0.25) is 0 Å². The molecule has 1 aromatic rings. The molecule has 5 heteroatoms. The summed E-state index contributed by atoms with van der Waals surface area (Å²) in [5, 5.41) is 4.15. The van der Waals surface area contributed by atoms with Gasteiger partial charge in [0.1, 0.15) is 5.75 Å². The molecule has 0 saturated carbocycles. The molecule has 0 bridgehead atoms. The number of anilines is 1. The van der Waals surface area contributed by atoms with Gasteiger partial charge in [-0.3, -0.25) is 0 Å². The molecule has 1 aliphatic heterocycles. The predicted octanol–water partition coefficient (Wildman–Crippen LogP) is 2.17. The summed E-state index contributed by atoms with van der Waals surface area (Å²) in [5.74, 6) is 0.843. The van der Waals surface area contributed by atoms with Crippen LogP contribution in [0.25, 0.3) is 0 Å². The highest BCUT2D eigenvalue weighted by Crippen LogP contribution is 2.18. The van der Waals surface area contributed by atoms with E-state index in [0.29, 0.717) is 0 Å². The first-order chi connectivity index (χ1) is 11.0. The largest absolute Gasteiger partial charge is 0.497 e. The zero-order valence-corrected chi connectivity index (χ0v) is 15.6. The summed E-state index contributed by atoms with van der Waals surface area (Å²) in [5.41, 5.74) is 0.985. The molecule has 0 spiro atoms. The van der Waals surface area contributed by atoms with Gasteiger partial charge in [0.2, 0.25) is 0 Å². The van der Waals surface area contributed by atoms with Gasteiger partial charge in [-0.05, 0) is 37.7 Å². The Balaban J connectivity index is 1.86. The van der Waals surface area contributed by atoms with E-state index in [9.17, 15) is 0 Å². The van der Waals surface area contributed by atoms with Crippen molar-refractivity contribution in [2.45, 2.75) is 45.2 Å². The summed E-state index contributed by atoms with van der Waals surface area (Å²) in [7, 11) is 4.01. The Morgan fingerprint density at radius 2 is 2.13 bits per heavy atom. The molecule has 1 fully saturated rings. The number of nitrogens with zero attached hydrogens (tertiary/aromatic N) is 1. The van der Waals surface area contributed by atoms with Crippen molar-refractivity contribution in [1.82, 2.24) is 4.90 Å². The summed E-state index contributed by atoms with van der Waals surface area (Å²) < 4.78 is 5.26. The maximum absolute atomic E-state index is 5.58. The maximum Gasteiger partial charge on any atom is 0.173 e. The number of likely N-dealkylation sites (tertiary alicyclic amines) is 1. The molecule has 1 saturated heterocycles. The van der Waals surface area contributed by atoms with E-state index in [-0.39, 0.29) is 0 Å². The van der Waals surface area contributed by atoms with Crippen LogP contribution in [0.5, 0.6) is 5.75 Å². The van der Waals surface area contributed by atoms with Gasteiger partial charge >= 0.3 is 0 Å². The third-order valence-electron chi connectivity index (χ3n) is 5.14. The average molecular weight is 337 g/mol. The number of rotatable bonds is 5. The second-order valence-corrected chi connectivity index (χ2v) is 6.86. The van der Waals surface area contributed by atoms with Crippen LogP contribution in [0.1, 0.15) is 33.1 Å². The van der Waals surface area contributed by atoms with Gasteiger partial charge in [-0.25, -0.2) is 0 Å². The number of hydrogen-bond acceptors (Lipinski definition) is 2. The van der Waals surface area contributed by atoms with Crippen LogP contribution in [-0.2, 0) is 0 Å². The molecule has 1 aromatic carbocycles. The predicted molar refractivity (Wildman–Crippen MR) is 100 cm³/mol. The van der Waals surface area contributed by atoms with Crippen molar-refractivity contribution in [3.8, 4) is 5.75 Å². The fourth-order valence-electron chi connectivity index (χ4n) is 3.17. The molecule has 23 heavy (non-hydrogen) atoms. The van der Waals surface area contributed by atoms with E-state index in [4.69, 9.17) is 17.0 Å². The third kappa shape index (κ3) is 4.82. The quantitative estimate of drug-likeness (QED) is 0.807. The smallest absolute Gasteiger partial charge is 0.173 e. The first kappa shape index (κ1) is 18.0. The van der Waals surface area contributed by atoms with Gasteiger partial charge in [0.05, 0.1) is 26.2 Å². The number of ether oxygens (including phenoxy) is 1. The summed E-state index contributed by atoms with van der Waals surface area (Å²) in [6.07, 6.45) is 3.65. The number of nitrogens with one attached hydrogen (secondary N) is 2. The molecule has 0 amide bonds. The van der Waals surface area contributed by atoms with E-state index in [0.717, 1.165) is 41.7 Å². The Morgan fingerprint density at radius 3 is 2.74 bits per heavy atom. The molecule has 1 aliphatic rings. The van der Waals surface area contributed by atoms with Crippen molar-refractivity contribution in [2.75, 3.05) is 32.6 Å². The lowest BCUT2D eigenvalue weighted by Gasteiger charge is -2.37. The van der Waals surface area contributed by atoms with Crippen molar-refractivity contribution < 1.29 is 9.64 Å². The molecule has 2 unspecified atom stereocenters. The van der Waals surface area contributed by atoms with Gasteiger partial charge in [-0.15, -0.1) is 0 Å². The number of benzene rings is 1. The van der Waals surface area contributed by atoms with Crippen molar-refractivity contribution in [1.29, 1.82) is 0 Å². The topological polar surface area (TPSA) is 28.9 Å². The van der Waals surface area contributed by atoms with Crippen LogP contribution >= 0.6 is 12.2 Å². The lowest BCUT2D eigenvalue weighted by molar-refractivity contribution is -0.930. The Labute approximate surface area is 145 Å². The zero-order valence-electron chi connectivity index (χ0n) is 14.8. The van der Waals surface area contributed by atoms with Crippen LogP contribution in [0.4, 0.5) is 5.69 Å². The number of hydrogen-bond donors (Lipinski definition) is 2. The van der Waals surface area contributed by atoms with E-state index in [2.05, 4.69) is 31.1 Å². The normalized spacial score (nSPS) is 18.3. The summed E-state index contributed by atoms with van der Waals surface area (Å²) in [4.78, 5) is 3.95. The molecule has 1 heterocycles. The van der Waals surface area contributed by atoms with Crippen LogP contribution < -0.4 is 15.0 Å². The fourth-order valence-corrected chi connectivity index (χ4v) is 3.47. The maximum atomic E-state index is 5.58. The Bertz CT molecular complexity index is 515. The summed E-state index contributed by atoms with van der Waals surface area (Å²) in [6, 6.07) is 9.38. The third-order valence-corrected chi connectivity index (χ3v) is 5.50. The monoisotopic (exact) mass is 336 g/mol. The first-order valence-electron chi connectivity index (χ1n) is 8.58. The molecule has 128 valence electrons. The fraction of sp³-hybridized carbons (Fsp3) is 0.611. The van der Waals surface area contributed by atoms with Crippen molar-refractivity contribution in [3.05, 3.63) is 24.3 Å². The molecule has 0 aliphatic carbocycles. The standard InChI is InChI=1S/C18H29N3OS/c1-5-14(2)20(3)16-9-11-21(12-10-16)18(23)19-15-7-6-8-17(13-15)22-4/h6-8,13-14,16H,5,9-12H2,1-4H3,(H,19,23)/p+1. The Kier molecular flexibility index (Phi) is 6.66. The van der Waals surface area contributed by atoms with Crippen molar-refractivity contribution in [2.24, 2.45) is 0 Å². The number of piperidine rings is 1. The molecular formula is C18H30N3OS+. The van der Waals surface area contributed by atoms with E-state index in [1.807, 2.05) is 24.3 Å². The molecular weight excluding hydrogens is 306 g/mol. The van der Waals surface area contributed by atoms with Crippen molar-refractivity contribution in [3.63, 3.8) is 0 Å². The van der Waals surface area contributed by atoms with E-state index in [1.165, 1.54) is 19.3 Å². The number of quaternary nitrogens is 1. The second-order valence-electron chi connectivity index (χ2n) is 6.48. The van der Waals surface area contributed by atoms with Gasteiger partial charge in [-0.2, -0.15) is 0 Å². The molecule has 0 aromatic heterocycles. The van der Waals surface area contributed by atoms with Gasteiger partial charge in [0, 0.05) is 37.7 Å². The van der Waals surface area contributed by atoms with E-state index < -0.39 is 0 Å². The Morgan fingerprint density at radius 1 is 1.43 bits per heavy atom. The minimum absolute atomic E-state index is 0.730. The number of thiocarbonyl (C=S) groups is 1. The summed E-state index contributed by atoms with van der Waals surface area (Å²) in [6.45, 7) is 6.69. The molecule has 2 atom stereocenters. The van der Waals surface area contributed by atoms with Crippen LogP contribution in [0.15, 0.2) is 24.3 Å². The Hall–Kier alpha value is -1.33. The van der Waals surface area contributed by atoms with Crippen molar-refractivity contribution >= 4 is 23.0 Å². The minimum Gasteiger partial charge on any atom is -0.497 e. The molecule has 0 radical (unpaired) electrons. The number of methoxy groups -OCH3 is 1. The van der Waals surface area contributed by atoms with Gasteiger partial charge in [0.15, 0.2) is 5.11 Å². The van der Waals surface area contributed by atoms with Gasteiger partial charge in [0.25, 0.3) is 0 Å². The SMILES string of the molecule is CCC(C)[NH+](C)C1CCN(C(=S)Nc2cccc(OC)c2)CC1. The molecule has 2 rings (SSSR count). The first-order valence-corrected chi connectivity index (χ1v) is 8.99. The lowest BCUT2D eigenvalue weighted by Crippen LogP contribution is -3.16. The minimum atomic E-state index is 0.730. The van der Waals surface area contributed by atoms with Gasteiger partial charge < -0.3 is 19.9 Å². The highest BCUT2D eigenvalue weighted by atomic mass is 32.1. The van der Waals surface area contributed by atoms with Crippen LogP contribution in [0, 0.1) is 0 Å². The average Bonchev–Trinajstić information content (AvgIpc) is 2.60. The highest BCUT2D eigenvalue weighted by Gasteiger charge is 2.28. The zero-order chi connectivity index (χ0) is 16.8. The highest BCUT2D eigenvalue weighted by molar-refractivity contribution is 7.80. The second kappa shape index (κ2) is 8.50. The van der Waals surface area contributed by atoms with Gasteiger partial charge in [-0.1, -0.05) is 13.0 Å². The van der Waals surface area contributed by atoms with Crippen LogP contribution in [0.3, 0.4) is 0 Å². The summed E-state index contributed by atoms with van der Waals surface area (Å²) >= 11 is 5.58. The van der Waals surface area contributed by atoms with E-state index in [1.54, 1.807) is 12.0 Å². The van der Waals surface area contributed by atoms with E-state index >= 15 is 0 Å². The molecule has 2 N–H and O–H groups in total. The molecule has 4 nitrogen and oxygen atoms in total. The lowest BCUT2D eigenvalue weighted by atomic mass is 10.0.